The lowest BCUT2D eigenvalue weighted by atomic mass is 10.1. The van der Waals surface area contributed by atoms with E-state index in [1.807, 2.05) is 30.3 Å². The maximum atomic E-state index is 12.1. The highest BCUT2D eigenvalue weighted by Gasteiger charge is 2.23. The number of aliphatic imine (C=N–C) groups is 1. The molecule has 1 aromatic carbocycles. The van der Waals surface area contributed by atoms with E-state index in [4.69, 9.17) is 14.5 Å². The monoisotopic (exact) mass is 430 g/mol. The minimum absolute atomic E-state index is 0.0304. The zero-order chi connectivity index (χ0) is 21.7. The fraction of sp³-hybridized carbons (Fsp3) is 0.667. The van der Waals surface area contributed by atoms with Crippen molar-refractivity contribution in [3.8, 4) is 0 Å². The maximum Gasteiger partial charge on any atom is 0.251 e. The molecule has 1 aromatic rings. The molecule has 2 heterocycles. The summed E-state index contributed by atoms with van der Waals surface area (Å²) in [5.74, 6) is 0.933. The fourth-order valence-corrected chi connectivity index (χ4v) is 4.00. The van der Waals surface area contributed by atoms with Gasteiger partial charge in [0, 0.05) is 44.9 Å². The minimum Gasteiger partial charge on any atom is -0.376 e. The number of nitrogens with one attached hydrogen (secondary N) is 2. The Labute approximate surface area is 186 Å². The summed E-state index contributed by atoms with van der Waals surface area (Å²) in [6.45, 7) is 7.76. The van der Waals surface area contributed by atoms with E-state index in [2.05, 4.69) is 22.5 Å². The summed E-state index contributed by atoms with van der Waals surface area (Å²) in [5, 5.41) is 6.37. The van der Waals surface area contributed by atoms with Crippen LogP contribution in [0.25, 0.3) is 0 Å². The second kappa shape index (κ2) is 13.3. The van der Waals surface area contributed by atoms with Crippen LogP contribution >= 0.6 is 0 Å². The van der Waals surface area contributed by atoms with Crippen LogP contribution < -0.4 is 10.6 Å². The van der Waals surface area contributed by atoms with Crippen LogP contribution in [0, 0.1) is 0 Å². The van der Waals surface area contributed by atoms with Crippen molar-refractivity contribution in [2.24, 2.45) is 4.99 Å². The van der Waals surface area contributed by atoms with Crippen molar-refractivity contribution >= 4 is 11.9 Å². The highest BCUT2D eigenvalue weighted by molar-refractivity contribution is 5.94. The van der Waals surface area contributed by atoms with Crippen molar-refractivity contribution < 1.29 is 14.3 Å². The Morgan fingerprint density at radius 1 is 1.16 bits per heavy atom. The first kappa shape index (κ1) is 23.5. The molecule has 7 heteroatoms. The highest BCUT2D eigenvalue weighted by atomic mass is 16.5. The topological polar surface area (TPSA) is 75.2 Å². The number of hydrogen-bond donors (Lipinski definition) is 2. The fourth-order valence-electron chi connectivity index (χ4n) is 4.00. The molecular weight excluding hydrogens is 392 g/mol. The molecule has 7 nitrogen and oxygen atoms in total. The van der Waals surface area contributed by atoms with Crippen LogP contribution in [0.5, 0.6) is 0 Å². The van der Waals surface area contributed by atoms with Crippen molar-refractivity contribution in [3.63, 3.8) is 0 Å². The standard InChI is InChI=1S/C24H38N4O3/c1-2-25-24(27-15-8-14-26-23(29)20-9-4-3-5-10-20)28-16-12-21(13-17-28)31-19-22-11-6-7-18-30-22/h3-5,9-10,21-22H,2,6-8,11-19H2,1H3,(H,25,27)(H,26,29). The average molecular weight is 431 g/mol. The third kappa shape index (κ3) is 8.15. The van der Waals surface area contributed by atoms with E-state index < -0.39 is 0 Å². The molecule has 0 bridgehead atoms. The van der Waals surface area contributed by atoms with Crippen molar-refractivity contribution in [2.45, 2.75) is 57.7 Å². The van der Waals surface area contributed by atoms with Gasteiger partial charge in [0.05, 0.1) is 18.8 Å². The van der Waals surface area contributed by atoms with E-state index in [0.29, 0.717) is 24.8 Å². The smallest absolute Gasteiger partial charge is 0.251 e. The van der Waals surface area contributed by atoms with Gasteiger partial charge >= 0.3 is 0 Å². The highest BCUT2D eigenvalue weighted by Crippen LogP contribution is 2.18. The molecular formula is C24H38N4O3. The third-order valence-corrected chi connectivity index (χ3v) is 5.79. The van der Waals surface area contributed by atoms with Gasteiger partial charge in [0.2, 0.25) is 0 Å². The third-order valence-electron chi connectivity index (χ3n) is 5.79. The maximum absolute atomic E-state index is 12.1. The lowest BCUT2D eigenvalue weighted by Crippen LogP contribution is -2.47. The number of ether oxygens (including phenoxy) is 2. The number of hydrogen-bond acceptors (Lipinski definition) is 4. The van der Waals surface area contributed by atoms with Gasteiger partial charge in [-0.25, -0.2) is 0 Å². The molecule has 172 valence electrons. The molecule has 2 saturated heterocycles. The first-order valence-corrected chi connectivity index (χ1v) is 11.9. The molecule has 2 aliphatic rings. The van der Waals surface area contributed by atoms with Gasteiger partial charge in [0.1, 0.15) is 0 Å². The van der Waals surface area contributed by atoms with Crippen LogP contribution in [-0.4, -0.2) is 74.9 Å². The number of piperidine rings is 1. The summed E-state index contributed by atoms with van der Waals surface area (Å²) in [4.78, 5) is 19.2. The number of benzene rings is 1. The zero-order valence-electron chi connectivity index (χ0n) is 18.9. The van der Waals surface area contributed by atoms with Gasteiger partial charge < -0.3 is 25.0 Å². The Bertz CT molecular complexity index is 669. The first-order valence-electron chi connectivity index (χ1n) is 11.9. The van der Waals surface area contributed by atoms with Crippen LogP contribution in [0.4, 0.5) is 0 Å². The second-order valence-corrected chi connectivity index (χ2v) is 8.22. The molecule has 31 heavy (non-hydrogen) atoms. The van der Waals surface area contributed by atoms with Gasteiger partial charge in [-0.15, -0.1) is 0 Å². The number of rotatable bonds is 9. The largest absolute Gasteiger partial charge is 0.376 e. The quantitative estimate of drug-likeness (QED) is 0.358. The summed E-state index contributed by atoms with van der Waals surface area (Å²) in [7, 11) is 0. The van der Waals surface area contributed by atoms with Gasteiger partial charge in [0.15, 0.2) is 5.96 Å². The van der Waals surface area contributed by atoms with Gasteiger partial charge in [-0.2, -0.15) is 0 Å². The number of carbonyl (C=O) groups is 1. The molecule has 0 saturated carbocycles. The van der Waals surface area contributed by atoms with E-state index >= 15 is 0 Å². The van der Waals surface area contributed by atoms with Gasteiger partial charge in [-0.3, -0.25) is 9.79 Å². The molecule has 1 unspecified atom stereocenters. The number of guanidine groups is 1. The average Bonchev–Trinajstić information content (AvgIpc) is 2.83. The number of amides is 1. The Balaban J connectivity index is 1.34. The summed E-state index contributed by atoms with van der Waals surface area (Å²) >= 11 is 0. The zero-order valence-corrected chi connectivity index (χ0v) is 18.9. The molecule has 1 atom stereocenters. The summed E-state index contributed by atoms with van der Waals surface area (Å²) < 4.78 is 11.9. The van der Waals surface area contributed by atoms with Crippen LogP contribution in [0.1, 0.15) is 55.8 Å². The first-order chi connectivity index (χ1) is 15.3. The number of nitrogens with zero attached hydrogens (tertiary/aromatic N) is 2. The Kier molecular flexibility index (Phi) is 10.1. The predicted octanol–water partition coefficient (Wildman–Crippen LogP) is 2.82. The second-order valence-electron chi connectivity index (χ2n) is 8.22. The van der Waals surface area contributed by atoms with Crippen LogP contribution in [-0.2, 0) is 9.47 Å². The molecule has 2 aliphatic heterocycles. The summed E-state index contributed by atoms with van der Waals surface area (Å²) in [5.41, 5.74) is 0.694. The Hall–Kier alpha value is -2.12. The van der Waals surface area contributed by atoms with Crippen molar-refractivity contribution in [2.75, 3.05) is 45.9 Å². The van der Waals surface area contributed by atoms with Crippen LogP contribution in [0.3, 0.4) is 0 Å². The molecule has 0 aliphatic carbocycles. The number of carbonyl (C=O) groups excluding carboxylic acids is 1. The lowest BCUT2D eigenvalue weighted by Gasteiger charge is -2.35. The van der Waals surface area contributed by atoms with Crippen molar-refractivity contribution in [1.29, 1.82) is 0 Å². The SMILES string of the molecule is CCNC(=NCCCNC(=O)c1ccccc1)N1CCC(OCC2CCCCO2)CC1. The molecule has 3 rings (SSSR count). The van der Waals surface area contributed by atoms with Crippen molar-refractivity contribution in [1.82, 2.24) is 15.5 Å². The Morgan fingerprint density at radius 3 is 2.68 bits per heavy atom. The molecule has 1 amide bonds. The van der Waals surface area contributed by atoms with E-state index in [9.17, 15) is 4.79 Å². The summed E-state index contributed by atoms with van der Waals surface area (Å²) in [6, 6.07) is 9.31. The molecule has 0 aromatic heterocycles. The van der Waals surface area contributed by atoms with Crippen LogP contribution in [0.15, 0.2) is 35.3 Å². The van der Waals surface area contributed by atoms with E-state index in [-0.39, 0.29) is 12.0 Å². The molecule has 0 radical (unpaired) electrons. The molecule has 0 spiro atoms. The van der Waals surface area contributed by atoms with E-state index in [0.717, 1.165) is 64.5 Å². The van der Waals surface area contributed by atoms with Gasteiger partial charge in [-0.05, 0) is 57.6 Å². The summed E-state index contributed by atoms with van der Waals surface area (Å²) in [6.07, 6.45) is 7.02. The minimum atomic E-state index is -0.0304. The van der Waals surface area contributed by atoms with Gasteiger partial charge in [0.25, 0.3) is 5.91 Å². The number of likely N-dealkylation sites (tertiary alicyclic amines) is 1. The molecule has 2 fully saturated rings. The normalized spacial score (nSPS) is 20.5. The predicted molar refractivity (Wildman–Crippen MR) is 124 cm³/mol. The van der Waals surface area contributed by atoms with E-state index in [1.165, 1.54) is 12.8 Å². The Morgan fingerprint density at radius 2 is 1.97 bits per heavy atom. The lowest BCUT2D eigenvalue weighted by molar-refractivity contribution is -0.0721. The molecule has 2 N–H and O–H groups in total. The van der Waals surface area contributed by atoms with Gasteiger partial charge in [-0.1, -0.05) is 18.2 Å². The van der Waals surface area contributed by atoms with Crippen molar-refractivity contribution in [3.05, 3.63) is 35.9 Å². The van der Waals surface area contributed by atoms with Crippen LogP contribution in [0.2, 0.25) is 0 Å². The van der Waals surface area contributed by atoms with E-state index in [1.54, 1.807) is 0 Å².